The topological polar surface area (TPSA) is 79.5 Å². The smallest absolute Gasteiger partial charge is 0.311 e. The molecule has 2 N–H and O–H groups in total. The molecule has 2 rings (SSSR count). The van der Waals surface area contributed by atoms with E-state index in [-0.39, 0.29) is 17.3 Å². The van der Waals surface area contributed by atoms with Crippen molar-refractivity contribution in [3.05, 3.63) is 23.1 Å². The standard InChI is InChI=1S/C10H10ClNO4/c11-7-6(1-4-16-7)8(13)12-5-10(2-3-10)9(14)15/h1,4H,2-3,5H2,(H,12,13)(H,14,15). The third kappa shape index (κ3) is 1.90. The lowest BCUT2D eigenvalue weighted by atomic mass is 10.1. The Balaban J connectivity index is 1.95. The van der Waals surface area contributed by atoms with Crippen molar-refractivity contribution in [2.24, 2.45) is 5.41 Å². The van der Waals surface area contributed by atoms with Gasteiger partial charge in [0.25, 0.3) is 5.91 Å². The normalized spacial score (nSPS) is 16.8. The highest BCUT2D eigenvalue weighted by Gasteiger charge is 2.50. The number of carboxylic acids is 1. The summed E-state index contributed by atoms with van der Waals surface area (Å²) in [4.78, 5) is 22.4. The van der Waals surface area contributed by atoms with Crippen LogP contribution in [0.5, 0.6) is 0 Å². The van der Waals surface area contributed by atoms with E-state index in [1.54, 1.807) is 0 Å². The van der Waals surface area contributed by atoms with Crippen molar-refractivity contribution in [3.63, 3.8) is 0 Å². The van der Waals surface area contributed by atoms with Crippen LogP contribution in [-0.2, 0) is 4.79 Å². The van der Waals surface area contributed by atoms with Crippen LogP contribution in [0.4, 0.5) is 0 Å². The third-order valence-electron chi connectivity index (χ3n) is 2.76. The molecule has 0 bridgehead atoms. The zero-order valence-corrected chi connectivity index (χ0v) is 9.08. The molecule has 1 aliphatic carbocycles. The van der Waals surface area contributed by atoms with Crippen molar-refractivity contribution in [2.75, 3.05) is 6.54 Å². The Hall–Kier alpha value is -1.49. The van der Waals surface area contributed by atoms with Crippen LogP contribution in [0.1, 0.15) is 23.2 Å². The predicted molar refractivity (Wildman–Crippen MR) is 55.4 cm³/mol. The van der Waals surface area contributed by atoms with Crippen molar-refractivity contribution in [1.29, 1.82) is 0 Å². The molecule has 0 unspecified atom stereocenters. The fraction of sp³-hybridized carbons (Fsp3) is 0.400. The number of hydrogen-bond donors (Lipinski definition) is 2. The lowest BCUT2D eigenvalue weighted by Crippen LogP contribution is -2.34. The summed E-state index contributed by atoms with van der Waals surface area (Å²) < 4.78 is 4.77. The molecule has 1 heterocycles. The van der Waals surface area contributed by atoms with E-state index in [2.05, 4.69) is 5.32 Å². The van der Waals surface area contributed by atoms with Crippen LogP contribution in [0.3, 0.4) is 0 Å². The van der Waals surface area contributed by atoms with E-state index >= 15 is 0 Å². The minimum atomic E-state index is -0.869. The highest BCUT2D eigenvalue weighted by molar-refractivity contribution is 6.32. The van der Waals surface area contributed by atoms with Crippen LogP contribution in [0.25, 0.3) is 0 Å². The lowest BCUT2D eigenvalue weighted by Gasteiger charge is -2.10. The van der Waals surface area contributed by atoms with Gasteiger partial charge in [0.1, 0.15) is 0 Å². The number of amides is 1. The molecule has 5 nitrogen and oxygen atoms in total. The molecule has 0 atom stereocenters. The molecule has 6 heteroatoms. The Morgan fingerprint density at radius 3 is 2.69 bits per heavy atom. The number of halogens is 1. The Labute approximate surface area is 96.4 Å². The lowest BCUT2D eigenvalue weighted by molar-refractivity contribution is -0.143. The van der Waals surface area contributed by atoms with Gasteiger partial charge in [0, 0.05) is 6.54 Å². The molecule has 86 valence electrons. The van der Waals surface area contributed by atoms with E-state index in [4.69, 9.17) is 21.1 Å². The van der Waals surface area contributed by atoms with Crippen LogP contribution in [0.15, 0.2) is 16.7 Å². The second kappa shape index (κ2) is 3.83. The fourth-order valence-corrected chi connectivity index (χ4v) is 1.62. The van der Waals surface area contributed by atoms with E-state index in [1.807, 2.05) is 0 Å². The van der Waals surface area contributed by atoms with E-state index in [1.165, 1.54) is 12.3 Å². The van der Waals surface area contributed by atoms with Gasteiger partial charge >= 0.3 is 5.97 Å². The average Bonchev–Trinajstić information content (AvgIpc) is 2.92. The van der Waals surface area contributed by atoms with Gasteiger partial charge in [-0.3, -0.25) is 9.59 Å². The second-order valence-electron chi connectivity index (χ2n) is 3.88. The Morgan fingerprint density at radius 2 is 2.25 bits per heavy atom. The summed E-state index contributed by atoms with van der Waals surface area (Å²) in [6, 6.07) is 1.44. The van der Waals surface area contributed by atoms with E-state index in [9.17, 15) is 9.59 Å². The number of nitrogens with one attached hydrogen (secondary N) is 1. The summed E-state index contributed by atoms with van der Waals surface area (Å²) in [5.74, 6) is -1.28. The quantitative estimate of drug-likeness (QED) is 0.840. The Kier molecular flexibility index (Phi) is 2.63. The first-order valence-corrected chi connectivity index (χ1v) is 5.17. The minimum Gasteiger partial charge on any atom is -0.481 e. The summed E-state index contributed by atoms with van der Waals surface area (Å²) in [5.41, 5.74) is -0.547. The molecule has 1 aromatic heterocycles. The summed E-state index contributed by atoms with van der Waals surface area (Å²) in [6.45, 7) is 0.128. The fourth-order valence-electron chi connectivity index (χ4n) is 1.42. The van der Waals surface area contributed by atoms with Crippen molar-refractivity contribution < 1.29 is 19.1 Å². The van der Waals surface area contributed by atoms with Gasteiger partial charge in [-0.25, -0.2) is 0 Å². The Bertz CT molecular complexity index is 436. The van der Waals surface area contributed by atoms with Gasteiger partial charge in [-0.2, -0.15) is 0 Å². The molecule has 1 aliphatic rings. The molecule has 0 radical (unpaired) electrons. The van der Waals surface area contributed by atoms with Crippen LogP contribution in [0, 0.1) is 5.41 Å². The van der Waals surface area contributed by atoms with E-state index < -0.39 is 17.3 Å². The number of carboxylic acid groups (broad SMARTS) is 1. The van der Waals surface area contributed by atoms with Crippen molar-refractivity contribution in [2.45, 2.75) is 12.8 Å². The Morgan fingerprint density at radius 1 is 1.56 bits per heavy atom. The molecule has 1 aromatic rings. The molecular formula is C10H10ClNO4. The van der Waals surface area contributed by atoms with Gasteiger partial charge < -0.3 is 14.8 Å². The molecule has 0 aliphatic heterocycles. The maximum absolute atomic E-state index is 11.6. The first kappa shape index (κ1) is 11.0. The monoisotopic (exact) mass is 243 g/mol. The molecule has 16 heavy (non-hydrogen) atoms. The highest BCUT2D eigenvalue weighted by atomic mass is 35.5. The highest BCUT2D eigenvalue weighted by Crippen LogP contribution is 2.45. The maximum atomic E-state index is 11.6. The zero-order valence-electron chi connectivity index (χ0n) is 8.33. The van der Waals surface area contributed by atoms with E-state index in [0.29, 0.717) is 12.8 Å². The summed E-state index contributed by atoms with van der Waals surface area (Å²) in [5, 5.41) is 11.5. The SMILES string of the molecule is O=C(NCC1(C(=O)O)CC1)c1ccoc1Cl. The number of rotatable bonds is 4. The summed E-state index contributed by atoms with van der Waals surface area (Å²) >= 11 is 5.62. The van der Waals surface area contributed by atoms with Gasteiger partial charge in [-0.15, -0.1) is 0 Å². The number of hydrogen-bond acceptors (Lipinski definition) is 3. The molecule has 1 fully saturated rings. The van der Waals surface area contributed by atoms with Crippen molar-refractivity contribution in [1.82, 2.24) is 5.32 Å². The van der Waals surface area contributed by atoms with Crippen LogP contribution >= 0.6 is 11.6 Å². The largest absolute Gasteiger partial charge is 0.481 e. The predicted octanol–water partition coefficient (Wildman–Crippen LogP) is 1.53. The minimum absolute atomic E-state index is 0.0117. The number of carbonyl (C=O) groups excluding carboxylic acids is 1. The van der Waals surface area contributed by atoms with Gasteiger partial charge in [-0.05, 0) is 30.5 Å². The summed E-state index contributed by atoms with van der Waals surface area (Å²) in [6.07, 6.45) is 2.50. The maximum Gasteiger partial charge on any atom is 0.311 e. The number of aliphatic carboxylic acids is 1. The molecule has 1 saturated carbocycles. The van der Waals surface area contributed by atoms with Crippen molar-refractivity contribution >= 4 is 23.5 Å². The third-order valence-corrected chi connectivity index (χ3v) is 3.05. The molecule has 0 saturated heterocycles. The molecule has 1 amide bonds. The number of carbonyl (C=O) groups is 2. The van der Waals surface area contributed by atoms with Crippen molar-refractivity contribution in [3.8, 4) is 0 Å². The van der Waals surface area contributed by atoms with Gasteiger partial charge in [0.15, 0.2) is 0 Å². The molecule has 0 aromatic carbocycles. The summed E-state index contributed by atoms with van der Waals surface area (Å²) in [7, 11) is 0. The average molecular weight is 244 g/mol. The zero-order chi connectivity index (χ0) is 11.8. The van der Waals surface area contributed by atoms with Crippen LogP contribution in [-0.4, -0.2) is 23.5 Å². The van der Waals surface area contributed by atoms with Gasteiger partial charge in [-0.1, -0.05) is 0 Å². The first-order valence-electron chi connectivity index (χ1n) is 4.80. The van der Waals surface area contributed by atoms with Crippen LogP contribution < -0.4 is 5.32 Å². The van der Waals surface area contributed by atoms with E-state index in [0.717, 1.165) is 0 Å². The second-order valence-corrected chi connectivity index (χ2v) is 4.22. The van der Waals surface area contributed by atoms with Gasteiger partial charge in [0.05, 0.1) is 17.2 Å². The van der Waals surface area contributed by atoms with Gasteiger partial charge in [0.2, 0.25) is 5.22 Å². The first-order chi connectivity index (χ1) is 7.55. The molecular weight excluding hydrogens is 234 g/mol. The number of furan rings is 1. The molecule has 0 spiro atoms. The van der Waals surface area contributed by atoms with Crippen LogP contribution in [0.2, 0.25) is 5.22 Å².